The van der Waals surface area contributed by atoms with Crippen molar-refractivity contribution in [2.45, 2.75) is 44.2 Å². The van der Waals surface area contributed by atoms with Crippen LogP contribution in [-0.2, 0) is 26.2 Å². The summed E-state index contributed by atoms with van der Waals surface area (Å²) in [5, 5.41) is 3.30. The highest BCUT2D eigenvalue weighted by molar-refractivity contribution is 7.92. The molecule has 0 heterocycles. The average Bonchev–Trinajstić information content (AvgIpc) is 2.95. The van der Waals surface area contributed by atoms with E-state index >= 15 is 0 Å². The van der Waals surface area contributed by atoms with Gasteiger partial charge in [0.15, 0.2) is 0 Å². The maximum atomic E-state index is 13.9. The fraction of sp³-hybridized carbons (Fsp3) is 0.310. The van der Waals surface area contributed by atoms with Crippen LogP contribution in [0, 0.1) is 0 Å². The van der Waals surface area contributed by atoms with E-state index in [0.717, 1.165) is 17.1 Å². The number of sulfonamides is 1. The Morgan fingerprint density at radius 2 is 1.69 bits per heavy atom. The second kappa shape index (κ2) is 14.0. The van der Waals surface area contributed by atoms with Crippen molar-refractivity contribution in [3.8, 4) is 5.75 Å². The number of unbranched alkanes of at least 4 members (excludes halogenated alkanes) is 1. The van der Waals surface area contributed by atoms with Gasteiger partial charge in [-0.3, -0.25) is 13.9 Å². The number of nitrogens with zero attached hydrogens (tertiary/aromatic N) is 2. The second-order valence-electron chi connectivity index (χ2n) is 8.96. The predicted molar refractivity (Wildman–Crippen MR) is 153 cm³/mol. The second-order valence-corrected chi connectivity index (χ2v) is 11.2. The predicted octanol–water partition coefficient (Wildman–Crippen LogP) is 4.88. The monoisotopic (exact) mass is 571 g/mol. The smallest absolute Gasteiger partial charge is 0.264 e. The van der Waals surface area contributed by atoms with E-state index in [4.69, 9.17) is 16.3 Å². The molecule has 0 saturated heterocycles. The number of nitrogens with one attached hydrogen (secondary N) is 1. The molecule has 0 fully saturated rings. The standard InChI is InChI=1S/C29H34ClN3O5S/c1-4-5-18-31-29(35)22(2)32(20-23-12-9-10-17-27(23)30)28(34)21-33(24-13-11-14-25(19-24)38-3)39(36,37)26-15-7-6-8-16-26/h6-17,19,22H,4-5,18,20-21H2,1-3H3,(H,31,35). The Balaban J connectivity index is 2.02. The van der Waals surface area contributed by atoms with Crippen molar-refractivity contribution in [1.82, 2.24) is 10.2 Å². The van der Waals surface area contributed by atoms with Crippen LogP contribution in [-0.4, -0.2) is 51.4 Å². The normalized spacial score (nSPS) is 11.9. The zero-order chi connectivity index (χ0) is 28.4. The van der Waals surface area contributed by atoms with Gasteiger partial charge >= 0.3 is 0 Å². The van der Waals surface area contributed by atoms with Crippen molar-refractivity contribution in [2.24, 2.45) is 0 Å². The lowest BCUT2D eigenvalue weighted by molar-refractivity contribution is -0.139. The van der Waals surface area contributed by atoms with Gasteiger partial charge in [0.05, 0.1) is 17.7 Å². The van der Waals surface area contributed by atoms with Crippen molar-refractivity contribution in [3.05, 3.63) is 89.4 Å². The van der Waals surface area contributed by atoms with Crippen LogP contribution in [0.15, 0.2) is 83.8 Å². The van der Waals surface area contributed by atoms with Crippen LogP contribution in [0.3, 0.4) is 0 Å². The molecular weight excluding hydrogens is 538 g/mol. The van der Waals surface area contributed by atoms with Crippen molar-refractivity contribution < 1.29 is 22.7 Å². The van der Waals surface area contributed by atoms with E-state index in [1.54, 1.807) is 73.7 Å². The zero-order valence-corrected chi connectivity index (χ0v) is 23.9. The minimum atomic E-state index is -4.15. The van der Waals surface area contributed by atoms with Crippen LogP contribution in [0.4, 0.5) is 5.69 Å². The van der Waals surface area contributed by atoms with Crippen LogP contribution in [0.5, 0.6) is 5.75 Å². The van der Waals surface area contributed by atoms with Gasteiger partial charge in [0, 0.05) is 24.2 Å². The van der Waals surface area contributed by atoms with Crippen molar-refractivity contribution in [1.29, 1.82) is 0 Å². The number of carbonyl (C=O) groups is 2. The molecule has 0 saturated carbocycles. The largest absolute Gasteiger partial charge is 0.497 e. The van der Waals surface area contributed by atoms with Gasteiger partial charge < -0.3 is 15.0 Å². The third-order valence-electron chi connectivity index (χ3n) is 6.25. The summed E-state index contributed by atoms with van der Waals surface area (Å²) in [7, 11) is -2.67. The van der Waals surface area contributed by atoms with Gasteiger partial charge in [-0.1, -0.05) is 67.4 Å². The van der Waals surface area contributed by atoms with E-state index in [-0.39, 0.29) is 23.0 Å². The molecule has 0 aliphatic heterocycles. The third-order valence-corrected chi connectivity index (χ3v) is 8.40. The number of hydrogen-bond acceptors (Lipinski definition) is 5. The first kappa shape index (κ1) is 30.0. The number of benzene rings is 3. The fourth-order valence-corrected chi connectivity index (χ4v) is 5.57. The molecule has 0 aliphatic rings. The van der Waals surface area contributed by atoms with E-state index in [1.165, 1.54) is 24.1 Å². The fourth-order valence-electron chi connectivity index (χ4n) is 3.94. The van der Waals surface area contributed by atoms with Crippen LogP contribution in [0.2, 0.25) is 5.02 Å². The van der Waals surface area contributed by atoms with Gasteiger partial charge in [0.25, 0.3) is 10.0 Å². The van der Waals surface area contributed by atoms with Crippen LogP contribution < -0.4 is 14.4 Å². The van der Waals surface area contributed by atoms with E-state index in [9.17, 15) is 18.0 Å². The molecule has 1 N–H and O–H groups in total. The Bertz CT molecular complexity index is 1370. The Morgan fingerprint density at radius 3 is 2.36 bits per heavy atom. The summed E-state index contributed by atoms with van der Waals surface area (Å²) in [6.07, 6.45) is 1.71. The van der Waals surface area contributed by atoms with Crippen molar-refractivity contribution in [3.63, 3.8) is 0 Å². The molecule has 1 atom stereocenters. The molecule has 10 heteroatoms. The molecular formula is C29H34ClN3O5S. The average molecular weight is 572 g/mol. The topological polar surface area (TPSA) is 96.0 Å². The van der Waals surface area contributed by atoms with E-state index in [0.29, 0.717) is 22.9 Å². The van der Waals surface area contributed by atoms with Gasteiger partial charge in [0.1, 0.15) is 18.3 Å². The Morgan fingerprint density at radius 1 is 1.00 bits per heavy atom. The summed E-state index contributed by atoms with van der Waals surface area (Å²) in [5.74, 6) is -0.456. The molecule has 2 amide bonds. The lowest BCUT2D eigenvalue weighted by Crippen LogP contribution is -2.51. The molecule has 8 nitrogen and oxygen atoms in total. The molecule has 1 unspecified atom stereocenters. The number of methoxy groups -OCH3 is 1. The lowest BCUT2D eigenvalue weighted by atomic mass is 10.1. The molecule has 0 bridgehead atoms. The summed E-state index contributed by atoms with van der Waals surface area (Å²) < 4.78 is 33.9. The molecule has 3 rings (SSSR count). The number of anilines is 1. The van der Waals surface area contributed by atoms with Crippen LogP contribution in [0.1, 0.15) is 32.3 Å². The van der Waals surface area contributed by atoms with Gasteiger partial charge in [-0.15, -0.1) is 0 Å². The van der Waals surface area contributed by atoms with Gasteiger partial charge in [-0.2, -0.15) is 0 Å². The van der Waals surface area contributed by atoms with E-state index in [1.807, 2.05) is 6.92 Å². The lowest BCUT2D eigenvalue weighted by Gasteiger charge is -2.32. The SMILES string of the molecule is CCCCNC(=O)C(C)N(Cc1ccccc1Cl)C(=O)CN(c1cccc(OC)c1)S(=O)(=O)c1ccccc1. The highest BCUT2D eigenvalue weighted by Crippen LogP contribution is 2.28. The Kier molecular flexibility index (Phi) is 10.8. The summed E-state index contributed by atoms with van der Waals surface area (Å²) in [5.41, 5.74) is 0.892. The van der Waals surface area contributed by atoms with E-state index in [2.05, 4.69) is 5.32 Å². The van der Waals surface area contributed by atoms with Gasteiger partial charge in [-0.25, -0.2) is 8.42 Å². The van der Waals surface area contributed by atoms with Crippen molar-refractivity contribution in [2.75, 3.05) is 24.5 Å². The number of halogens is 1. The number of ether oxygens (including phenoxy) is 1. The molecule has 0 aliphatic carbocycles. The van der Waals surface area contributed by atoms with Crippen molar-refractivity contribution >= 4 is 39.1 Å². The van der Waals surface area contributed by atoms with Crippen LogP contribution >= 0.6 is 11.6 Å². The summed E-state index contributed by atoms with van der Waals surface area (Å²) in [6.45, 7) is 3.60. The molecule has 0 radical (unpaired) electrons. The summed E-state index contributed by atoms with van der Waals surface area (Å²) >= 11 is 6.39. The molecule has 39 heavy (non-hydrogen) atoms. The molecule has 3 aromatic carbocycles. The summed E-state index contributed by atoms with van der Waals surface area (Å²) in [6, 6.07) is 20.5. The Labute approximate surface area is 235 Å². The minimum absolute atomic E-state index is 0.0260. The number of rotatable bonds is 13. The Hall–Kier alpha value is -3.56. The first-order valence-electron chi connectivity index (χ1n) is 12.7. The van der Waals surface area contributed by atoms with Crippen LogP contribution in [0.25, 0.3) is 0 Å². The van der Waals surface area contributed by atoms with Gasteiger partial charge in [0.2, 0.25) is 11.8 Å². The molecule has 3 aromatic rings. The quantitative estimate of drug-likeness (QED) is 0.295. The number of amides is 2. The maximum Gasteiger partial charge on any atom is 0.264 e. The molecule has 0 spiro atoms. The highest BCUT2D eigenvalue weighted by Gasteiger charge is 2.32. The molecule has 0 aromatic heterocycles. The number of carbonyl (C=O) groups excluding carboxylic acids is 2. The highest BCUT2D eigenvalue weighted by atomic mass is 35.5. The maximum absolute atomic E-state index is 13.9. The van der Waals surface area contributed by atoms with E-state index < -0.39 is 28.5 Å². The first-order valence-corrected chi connectivity index (χ1v) is 14.5. The number of hydrogen-bond donors (Lipinski definition) is 1. The third kappa shape index (κ3) is 7.74. The zero-order valence-electron chi connectivity index (χ0n) is 22.3. The molecule has 208 valence electrons. The first-order chi connectivity index (χ1) is 18.7. The summed E-state index contributed by atoms with van der Waals surface area (Å²) in [4.78, 5) is 28.3. The minimum Gasteiger partial charge on any atom is -0.497 e. The van der Waals surface area contributed by atoms with Gasteiger partial charge in [-0.05, 0) is 49.2 Å².